The normalized spacial score (nSPS) is 11.7. The van der Waals surface area contributed by atoms with Gasteiger partial charge in [-0.1, -0.05) is 6.08 Å². The van der Waals surface area contributed by atoms with Crippen LogP contribution in [0.2, 0.25) is 0 Å². The minimum atomic E-state index is -0.960. The van der Waals surface area contributed by atoms with Crippen molar-refractivity contribution in [2.45, 2.75) is 39.2 Å². The molecule has 1 amide bonds. The maximum atomic E-state index is 10.6. The maximum Gasteiger partial charge on any atom is 0.327 e. The number of hydrogen-bond donors (Lipinski definition) is 1. The lowest BCUT2D eigenvalue weighted by atomic mass is 10.2. The first-order valence-electron chi connectivity index (χ1n) is 5.15. The van der Waals surface area contributed by atoms with E-state index in [9.17, 15) is 9.59 Å². The van der Waals surface area contributed by atoms with E-state index in [1.54, 1.807) is 6.08 Å². The Labute approximate surface area is 95.6 Å². The molecule has 0 saturated carbocycles. The third-order valence-corrected chi connectivity index (χ3v) is 1.52. The summed E-state index contributed by atoms with van der Waals surface area (Å²) in [5.74, 6) is -0.960. The predicted octanol–water partition coefficient (Wildman–Crippen LogP) is 1.60. The van der Waals surface area contributed by atoms with Crippen molar-refractivity contribution in [3.8, 4) is 0 Å². The molecule has 0 aromatic carbocycles. The molecule has 0 spiro atoms. The van der Waals surface area contributed by atoms with Crippen LogP contribution < -0.4 is 0 Å². The maximum absolute atomic E-state index is 10.6. The SMILES string of the molecule is CC(C)(C)ON(C=O)CCC/C=C/C(=O)O. The number of unbranched alkanes of at least 4 members (excludes halogenated alkanes) is 1. The van der Waals surface area contributed by atoms with Gasteiger partial charge in [-0.2, -0.15) is 0 Å². The Morgan fingerprint density at radius 2 is 2.06 bits per heavy atom. The fourth-order valence-electron chi connectivity index (χ4n) is 1.02. The monoisotopic (exact) mass is 229 g/mol. The lowest BCUT2D eigenvalue weighted by molar-refractivity contribution is -0.216. The first-order valence-corrected chi connectivity index (χ1v) is 5.15. The first kappa shape index (κ1) is 14.6. The summed E-state index contributed by atoms with van der Waals surface area (Å²) < 4.78 is 0. The first-order chi connectivity index (χ1) is 7.35. The van der Waals surface area contributed by atoms with Crippen molar-refractivity contribution in [3.63, 3.8) is 0 Å². The van der Waals surface area contributed by atoms with Crippen LogP contribution in [-0.4, -0.2) is 34.7 Å². The summed E-state index contributed by atoms with van der Waals surface area (Å²) in [7, 11) is 0. The highest BCUT2D eigenvalue weighted by Crippen LogP contribution is 2.09. The zero-order valence-corrected chi connectivity index (χ0v) is 9.97. The number of carboxylic acids is 1. The molecule has 0 aliphatic rings. The molecule has 0 aliphatic heterocycles. The Morgan fingerprint density at radius 3 is 2.50 bits per heavy atom. The molecular formula is C11H19NO4. The van der Waals surface area contributed by atoms with E-state index in [0.717, 1.165) is 6.08 Å². The van der Waals surface area contributed by atoms with E-state index in [-0.39, 0.29) is 0 Å². The van der Waals surface area contributed by atoms with Crippen LogP contribution in [0.4, 0.5) is 0 Å². The summed E-state index contributed by atoms with van der Waals surface area (Å²) in [6.07, 6.45) is 4.55. The number of allylic oxidation sites excluding steroid dienone is 1. The molecular weight excluding hydrogens is 210 g/mol. The summed E-state index contributed by atoms with van der Waals surface area (Å²) >= 11 is 0. The second-order valence-corrected chi connectivity index (χ2v) is 4.33. The molecule has 92 valence electrons. The second-order valence-electron chi connectivity index (χ2n) is 4.33. The molecule has 16 heavy (non-hydrogen) atoms. The molecule has 0 unspecified atom stereocenters. The number of carbonyl (C=O) groups is 2. The minimum absolute atomic E-state index is 0.405. The Hall–Kier alpha value is -1.36. The van der Waals surface area contributed by atoms with Crippen LogP contribution in [0.15, 0.2) is 12.2 Å². The third kappa shape index (κ3) is 9.21. The molecule has 1 N–H and O–H groups in total. The second kappa shape index (κ2) is 7.00. The predicted molar refractivity (Wildman–Crippen MR) is 59.6 cm³/mol. The van der Waals surface area contributed by atoms with E-state index >= 15 is 0 Å². The molecule has 5 nitrogen and oxygen atoms in total. The highest BCUT2D eigenvalue weighted by Gasteiger charge is 2.15. The fraction of sp³-hybridized carbons (Fsp3) is 0.636. The molecule has 0 saturated heterocycles. The molecule has 0 aromatic rings. The van der Waals surface area contributed by atoms with Gasteiger partial charge in [0.1, 0.15) is 0 Å². The van der Waals surface area contributed by atoms with Gasteiger partial charge in [0.2, 0.25) is 6.41 Å². The number of amides is 1. The summed E-state index contributed by atoms with van der Waals surface area (Å²) in [5, 5.41) is 9.57. The molecule has 0 rings (SSSR count). The largest absolute Gasteiger partial charge is 0.478 e. The average Bonchev–Trinajstić information content (AvgIpc) is 2.13. The van der Waals surface area contributed by atoms with Gasteiger partial charge in [-0.25, -0.2) is 9.86 Å². The molecule has 0 atom stereocenters. The van der Waals surface area contributed by atoms with Crippen molar-refractivity contribution in [2.24, 2.45) is 0 Å². The van der Waals surface area contributed by atoms with Crippen molar-refractivity contribution < 1.29 is 19.5 Å². The molecule has 0 aliphatic carbocycles. The summed E-state index contributed by atoms with van der Waals surface area (Å²) in [6.45, 7) is 6.01. The number of carbonyl (C=O) groups excluding carboxylic acids is 1. The number of aliphatic carboxylic acids is 1. The van der Waals surface area contributed by atoms with Crippen LogP contribution in [0, 0.1) is 0 Å². The standard InChI is InChI=1S/C11H19NO4/c1-11(2,3)16-12(9-13)8-6-4-5-7-10(14)15/h5,7,9H,4,6,8H2,1-3H3,(H,14,15)/b7-5+. The lowest BCUT2D eigenvalue weighted by Crippen LogP contribution is -2.33. The average molecular weight is 229 g/mol. The van der Waals surface area contributed by atoms with Gasteiger partial charge >= 0.3 is 5.97 Å². The lowest BCUT2D eigenvalue weighted by Gasteiger charge is -2.26. The number of hydroxylamine groups is 2. The molecule has 0 bridgehead atoms. The van der Waals surface area contributed by atoms with Gasteiger partial charge in [0, 0.05) is 12.6 Å². The van der Waals surface area contributed by atoms with Crippen molar-refractivity contribution >= 4 is 12.4 Å². The number of carboxylic acid groups (broad SMARTS) is 1. The van der Waals surface area contributed by atoms with Gasteiger partial charge in [-0.05, 0) is 33.6 Å². The van der Waals surface area contributed by atoms with Gasteiger partial charge in [-0.15, -0.1) is 0 Å². The summed E-state index contributed by atoms with van der Waals surface area (Å²) in [5.41, 5.74) is -0.405. The smallest absolute Gasteiger partial charge is 0.327 e. The molecule has 0 aromatic heterocycles. The number of rotatable bonds is 7. The summed E-state index contributed by atoms with van der Waals surface area (Å²) in [6, 6.07) is 0. The van der Waals surface area contributed by atoms with Gasteiger partial charge < -0.3 is 5.11 Å². The van der Waals surface area contributed by atoms with E-state index in [0.29, 0.717) is 25.8 Å². The Bertz CT molecular complexity index is 255. The Balaban J connectivity index is 3.80. The zero-order valence-electron chi connectivity index (χ0n) is 9.97. The molecule has 5 heteroatoms. The van der Waals surface area contributed by atoms with Crippen LogP contribution in [0.25, 0.3) is 0 Å². The van der Waals surface area contributed by atoms with Gasteiger partial charge in [0.25, 0.3) is 0 Å². The van der Waals surface area contributed by atoms with E-state index in [4.69, 9.17) is 9.94 Å². The minimum Gasteiger partial charge on any atom is -0.478 e. The highest BCUT2D eigenvalue weighted by molar-refractivity contribution is 5.79. The highest BCUT2D eigenvalue weighted by atomic mass is 16.7. The van der Waals surface area contributed by atoms with E-state index < -0.39 is 11.6 Å². The number of hydrogen-bond acceptors (Lipinski definition) is 3. The summed E-state index contributed by atoms with van der Waals surface area (Å²) in [4.78, 5) is 26.1. The van der Waals surface area contributed by atoms with Crippen LogP contribution >= 0.6 is 0 Å². The van der Waals surface area contributed by atoms with Crippen molar-refractivity contribution in [3.05, 3.63) is 12.2 Å². The quantitative estimate of drug-likeness (QED) is 0.311. The molecule has 0 heterocycles. The van der Waals surface area contributed by atoms with Gasteiger partial charge in [0.15, 0.2) is 0 Å². The fourth-order valence-corrected chi connectivity index (χ4v) is 1.02. The molecule has 0 radical (unpaired) electrons. The van der Waals surface area contributed by atoms with Crippen LogP contribution in [0.3, 0.4) is 0 Å². The van der Waals surface area contributed by atoms with Crippen LogP contribution in [-0.2, 0) is 14.4 Å². The van der Waals surface area contributed by atoms with Crippen LogP contribution in [0.5, 0.6) is 0 Å². The van der Waals surface area contributed by atoms with Crippen molar-refractivity contribution in [1.82, 2.24) is 5.06 Å². The van der Waals surface area contributed by atoms with E-state index in [1.807, 2.05) is 20.8 Å². The van der Waals surface area contributed by atoms with Crippen molar-refractivity contribution in [1.29, 1.82) is 0 Å². The van der Waals surface area contributed by atoms with E-state index in [1.165, 1.54) is 5.06 Å². The van der Waals surface area contributed by atoms with E-state index in [2.05, 4.69) is 0 Å². The van der Waals surface area contributed by atoms with Crippen molar-refractivity contribution in [2.75, 3.05) is 6.54 Å². The molecule has 0 fully saturated rings. The van der Waals surface area contributed by atoms with Gasteiger partial charge in [0.05, 0.1) is 5.60 Å². The zero-order chi connectivity index (χ0) is 12.6. The topological polar surface area (TPSA) is 66.8 Å². The number of nitrogens with zero attached hydrogens (tertiary/aromatic N) is 1. The Kier molecular flexibility index (Phi) is 6.41. The third-order valence-electron chi connectivity index (χ3n) is 1.52. The Morgan fingerprint density at radius 1 is 1.44 bits per heavy atom. The van der Waals surface area contributed by atoms with Gasteiger partial charge in [-0.3, -0.25) is 9.63 Å². The van der Waals surface area contributed by atoms with Crippen LogP contribution in [0.1, 0.15) is 33.6 Å².